The number of carbonyl (C=O) groups is 1. The summed E-state index contributed by atoms with van der Waals surface area (Å²) < 4.78 is 11.1. The van der Waals surface area contributed by atoms with Crippen LogP contribution in [0.25, 0.3) is 0 Å². The topological polar surface area (TPSA) is 71.0 Å². The monoisotopic (exact) mass is 450 g/mol. The van der Waals surface area contributed by atoms with Crippen LogP contribution >= 0.6 is 23.2 Å². The van der Waals surface area contributed by atoms with Gasteiger partial charge in [-0.15, -0.1) is 0 Å². The Hall–Kier alpha value is -1.99. The summed E-state index contributed by atoms with van der Waals surface area (Å²) in [5.41, 5.74) is 0. The maximum atomic E-state index is 12.1. The van der Waals surface area contributed by atoms with E-state index in [0.717, 1.165) is 13.1 Å². The van der Waals surface area contributed by atoms with Crippen molar-refractivity contribution in [3.05, 3.63) is 58.6 Å². The lowest BCUT2D eigenvalue weighted by molar-refractivity contribution is -0.123. The Bertz CT molecular complexity index is 850. The molecule has 0 radical (unpaired) electrons. The van der Waals surface area contributed by atoms with E-state index in [2.05, 4.69) is 10.2 Å². The number of nitrogens with zero attached hydrogens (tertiary/aromatic N) is 1. The molecule has 0 aromatic heterocycles. The molecule has 2 aromatic rings. The van der Waals surface area contributed by atoms with E-state index in [0.29, 0.717) is 39.9 Å². The van der Waals surface area contributed by atoms with Gasteiger partial charge in [0.25, 0.3) is 5.91 Å². The number of carbonyl (C=O) groups excluding carboxylic acids is 1. The molecule has 2 aromatic carbocycles. The second-order valence-electron chi connectivity index (χ2n) is 7.80. The first-order chi connectivity index (χ1) is 14.5. The molecule has 2 fully saturated rings. The molecule has 2 aliphatic rings. The Morgan fingerprint density at radius 1 is 1.00 bits per heavy atom. The number of fused-ring (bicyclic) bond motifs is 1. The van der Waals surface area contributed by atoms with Crippen LogP contribution in [-0.2, 0) is 4.79 Å². The van der Waals surface area contributed by atoms with Gasteiger partial charge < -0.3 is 19.9 Å². The molecule has 30 heavy (non-hydrogen) atoms. The molecule has 1 saturated heterocycles. The third-order valence-electron chi connectivity index (χ3n) is 5.51. The fraction of sp³-hybridized carbons (Fsp3) is 0.409. The first kappa shape index (κ1) is 21.2. The van der Waals surface area contributed by atoms with Crippen LogP contribution in [0.5, 0.6) is 11.5 Å². The number of amides is 1. The molecule has 6 nitrogen and oxygen atoms in total. The highest BCUT2D eigenvalue weighted by atomic mass is 35.5. The van der Waals surface area contributed by atoms with Crippen molar-refractivity contribution < 1.29 is 19.4 Å². The molecule has 4 rings (SSSR count). The summed E-state index contributed by atoms with van der Waals surface area (Å²) >= 11 is 11.7. The maximum Gasteiger partial charge on any atom is 0.258 e. The molecule has 160 valence electrons. The van der Waals surface area contributed by atoms with Crippen LogP contribution in [-0.4, -0.2) is 60.9 Å². The second-order valence-corrected chi connectivity index (χ2v) is 8.67. The van der Waals surface area contributed by atoms with Gasteiger partial charge in [0.15, 0.2) is 6.61 Å². The molecule has 1 amide bonds. The Balaban J connectivity index is 1.12. The molecule has 1 saturated carbocycles. The summed E-state index contributed by atoms with van der Waals surface area (Å²) in [6.07, 6.45) is -0.570. The zero-order valence-electron chi connectivity index (χ0n) is 16.3. The number of hydrogen-bond acceptors (Lipinski definition) is 5. The van der Waals surface area contributed by atoms with E-state index in [4.69, 9.17) is 32.7 Å². The third kappa shape index (κ3) is 5.58. The van der Waals surface area contributed by atoms with Crippen molar-refractivity contribution in [3.8, 4) is 11.5 Å². The van der Waals surface area contributed by atoms with Crippen LogP contribution in [0, 0.1) is 11.8 Å². The van der Waals surface area contributed by atoms with Gasteiger partial charge in [0, 0.05) is 35.7 Å². The van der Waals surface area contributed by atoms with Crippen molar-refractivity contribution in [2.24, 2.45) is 11.8 Å². The second kappa shape index (κ2) is 9.43. The summed E-state index contributed by atoms with van der Waals surface area (Å²) in [4.78, 5) is 14.3. The summed E-state index contributed by atoms with van der Waals surface area (Å²) in [6, 6.07) is 14.2. The maximum absolute atomic E-state index is 12.1. The average molecular weight is 451 g/mol. The van der Waals surface area contributed by atoms with E-state index in [1.807, 2.05) is 0 Å². The van der Waals surface area contributed by atoms with Gasteiger partial charge >= 0.3 is 0 Å². The van der Waals surface area contributed by atoms with E-state index in [9.17, 15) is 9.90 Å². The van der Waals surface area contributed by atoms with Gasteiger partial charge in [0.1, 0.15) is 24.2 Å². The SMILES string of the molecule is O=C(COc1ccc(Cl)cc1)N[C@H]1[C@@H]2CN(CC(O)COc3ccc(Cl)cc3)C[C@@H]21. The predicted molar refractivity (Wildman–Crippen MR) is 115 cm³/mol. The van der Waals surface area contributed by atoms with Crippen LogP contribution in [0.3, 0.4) is 0 Å². The molecule has 2 N–H and O–H groups in total. The number of halogens is 2. The fourth-order valence-electron chi connectivity index (χ4n) is 3.96. The van der Waals surface area contributed by atoms with Crippen LogP contribution in [0.1, 0.15) is 0 Å². The summed E-state index contributed by atoms with van der Waals surface area (Å²) in [7, 11) is 0. The van der Waals surface area contributed by atoms with E-state index in [-0.39, 0.29) is 25.2 Å². The van der Waals surface area contributed by atoms with Gasteiger partial charge in [-0.2, -0.15) is 0 Å². The number of hydrogen-bond donors (Lipinski definition) is 2. The lowest BCUT2D eigenvalue weighted by atomic mass is 10.3. The largest absolute Gasteiger partial charge is 0.491 e. The molecular formula is C22H24Cl2N2O4. The minimum atomic E-state index is -0.570. The van der Waals surface area contributed by atoms with Crippen LogP contribution < -0.4 is 14.8 Å². The standard InChI is InChI=1S/C22H24Cl2N2O4/c23-14-1-5-17(6-2-14)29-12-16(27)9-26-10-19-20(11-26)22(19)25-21(28)13-30-18-7-3-15(24)4-8-18/h1-8,16,19-20,22,27H,9-13H2,(H,25,28)/t16?,19-,20+,22+. The molecule has 0 spiro atoms. The Morgan fingerprint density at radius 2 is 1.53 bits per heavy atom. The zero-order valence-corrected chi connectivity index (χ0v) is 17.9. The number of aliphatic hydroxyl groups is 1. The molecule has 1 heterocycles. The normalized spacial score (nSPS) is 23.5. The lowest BCUT2D eigenvalue weighted by Crippen LogP contribution is -2.40. The first-order valence-electron chi connectivity index (χ1n) is 9.94. The summed E-state index contributed by atoms with van der Waals surface area (Å²) in [5, 5.41) is 14.6. The van der Waals surface area contributed by atoms with Crippen molar-refractivity contribution in [2.45, 2.75) is 12.1 Å². The number of likely N-dealkylation sites (tertiary alicyclic amines) is 1. The van der Waals surface area contributed by atoms with Gasteiger partial charge in [-0.1, -0.05) is 23.2 Å². The van der Waals surface area contributed by atoms with Crippen molar-refractivity contribution in [2.75, 3.05) is 32.8 Å². The van der Waals surface area contributed by atoms with Crippen LogP contribution in [0.4, 0.5) is 0 Å². The van der Waals surface area contributed by atoms with Gasteiger partial charge in [-0.25, -0.2) is 0 Å². The fourth-order valence-corrected chi connectivity index (χ4v) is 4.21. The Morgan fingerprint density at radius 3 is 2.10 bits per heavy atom. The average Bonchev–Trinajstić information content (AvgIpc) is 3.16. The number of ether oxygens (including phenoxy) is 2. The third-order valence-corrected chi connectivity index (χ3v) is 6.01. The Kier molecular flexibility index (Phi) is 6.68. The zero-order chi connectivity index (χ0) is 21.1. The van der Waals surface area contributed by atoms with Gasteiger partial charge in [0.2, 0.25) is 0 Å². The highest BCUT2D eigenvalue weighted by Gasteiger charge is 2.56. The summed E-state index contributed by atoms with van der Waals surface area (Å²) in [5.74, 6) is 2.06. The van der Waals surface area contributed by atoms with E-state index >= 15 is 0 Å². The molecule has 1 unspecified atom stereocenters. The smallest absolute Gasteiger partial charge is 0.258 e. The number of benzene rings is 2. The highest BCUT2D eigenvalue weighted by Crippen LogP contribution is 2.45. The number of aliphatic hydroxyl groups excluding tert-OH is 1. The number of piperidine rings is 1. The molecule has 8 heteroatoms. The highest BCUT2D eigenvalue weighted by molar-refractivity contribution is 6.30. The Labute approximate surface area is 185 Å². The minimum absolute atomic E-state index is 0.0119. The molecule has 1 aliphatic carbocycles. The lowest BCUT2D eigenvalue weighted by Gasteiger charge is -2.23. The van der Waals surface area contributed by atoms with Crippen molar-refractivity contribution in [1.82, 2.24) is 10.2 Å². The van der Waals surface area contributed by atoms with E-state index in [1.165, 1.54) is 0 Å². The van der Waals surface area contributed by atoms with Crippen LogP contribution in [0.2, 0.25) is 10.0 Å². The van der Waals surface area contributed by atoms with Gasteiger partial charge in [-0.05, 0) is 60.4 Å². The van der Waals surface area contributed by atoms with Crippen molar-refractivity contribution in [1.29, 1.82) is 0 Å². The molecule has 4 atom stereocenters. The molecule has 0 bridgehead atoms. The van der Waals surface area contributed by atoms with Gasteiger partial charge in [0.05, 0.1) is 0 Å². The van der Waals surface area contributed by atoms with E-state index < -0.39 is 6.10 Å². The molecular weight excluding hydrogens is 427 g/mol. The summed E-state index contributed by atoms with van der Waals surface area (Å²) in [6.45, 7) is 2.51. The van der Waals surface area contributed by atoms with E-state index in [1.54, 1.807) is 48.5 Å². The number of nitrogens with one attached hydrogen (secondary N) is 1. The van der Waals surface area contributed by atoms with Crippen molar-refractivity contribution >= 4 is 29.1 Å². The molecule has 1 aliphatic heterocycles. The van der Waals surface area contributed by atoms with Crippen molar-refractivity contribution in [3.63, 3.8) is 0 Å². The number of rotatable bonds is 9. The number of β-amino-alcohol motifs (C(OH)–C–C–N with tert-alkyl or cyclic N) is 1. The predicted octanol–water partition coefficient (Wildman–Crippen LogP) is 2.86. The van der Waals surface area contributed by atoms with Gasteiger partial charge in [-0.3, -0.25) is 9.69 Å². The minimum Gasteiger partial charge on any atom is -0.491 e. The first-order valence-corrected chi connectivity index (χ1v) is 10.7. The van der Waals surface area contributed by atoms with Crippen LogP contribution in [0.15, 0.2) is 48.5 Å². The quantitative estimate of drug-likeness (QED) is 0.614.